The first kappa shape index (κ1) is 11.9. The van der Waals surface area contributed by atoms with Gasteiger partial charge >= 0.3 is 0 Å². The minimum atomic E-state index is -0.0763. The van der Waals surface area contributed by atoms with Gasteiger partial charge < -0.3 is 10.6 Å². The molecule has 1 fully saturated rings. The summed E-state index contributed by atoms with van der Waals surface area (Å²) in [6.07, 6.45) is 2.50. The Kier molecular flexibility index (Phi) is 2.57. The Morgan fingerprint density at radius 1 is 1.40 bits per heavy atom. The van der Waals surface area contributed by atoms with Crippen molar-refractivity contribution in [2.45, 2.75) is 31.7 Å². The molecule has 102 valence electrons. The summed E-state index contributed by atoms with van der Waals surface area (Å²) in [5, 5.41) is 9.37. The van der Waals surface area contributed by atoms with Crippen molar-refractivity contribution < 1.29 is 4.79 Å². The van der Waals surface area contributed by atoms with E-state index < -0.39 is 0 Å². The number of anilines is 2. The van der Waals surface area contributed by atoms with Crippen LogP contribution >= 0.6 is 11.3 Å². The molecule has 0 radical (unpaired) electrons. The van der Waals surface area contributed by atoms with Crippen molar-refractivity contribution in [3.8, 4) is 11.3 Å². The van der Waals surface area contributed by atoms with Crippen LogP contribution in [0.5, 0.6) is 0 Å². The second-order valence-corrected chi connectivity index (χ2v) is 6.33. The van der Waals surface area contributed by atoms with Crippen molar-refractivity contribution >= 4 is 28.1 Å². The van der Waals surface area contributed by atoms with Crippen molar-refractivity contribution in [2.24, 2.45) is 0 Å². The highest BCUT2D eigenvalue weighted by atomic mass is 32.1. The van der Waals surface area contributed by atoms with Crippen LogP contribution in [0, 0.1) is 0 Å². The van der Waals surface area contributed by atoms with Crippen molar-refractivity contribution in [2.75, 3.05) is 10.6 Å². The number of hydrogen-bond acceptors (Lipinski definition) is 4. The number of nitrogens with zero attached hydrogens (tertiary/aromatic N) is 1. The molecule has 1 aromatic heterocycles. The van der Waals surface area contributed by atoms with Crippen molar-refractivity contribution in [3.63, 3.8) is 0 Å². The largest absolute Gasteiger partial charge is 0.359 e. The van der Waals surface area contributed by atoms with Crippen LogP contribution in [0.15, 0.2) is 23.6 Å². The predicted octanol–water partition coefficient (Wildman–Crippen LogP) is 3.44. The third-order valence-corrected chi connectivity index (χ3v) is 4.65. The molecule has 1 aliphatic carbocycles. The van der Waals surface area contributed by atoms with Crippen molar-refractivity contribution in [1.82, 2.24) is 4.98 Å². The standard InChI is InChI=1S/C15H15N3OS/c1-8-11-6-9(2-5-12(11)17-14(8)19)13-7-20-15(18-13)16-10-3-4-10/h2,5-8,10H,3-4H2,1H3,(H,16,18)(H,17,19)/t8-/m1/s1. The number of fused-ring (bicyclic) bond motifs is 1. The van der Waals surface area contributed by atoms with Gasteiger partial charge in [0.2, 0.25) is 5.91 Å². The minimum Gasteiger partial charge on any atom is -0.359 e. The van der Waals surface area contributed by atoms with Crippen LogP contribution in [0.25, 0.3) is 11.3 Å². The lowest BCUT2D eigenvalue weighted by molar-refractivity contribution is -0.116. The molecule has 0 unspecified atom stereocenters. The molecule has 1 saturated carbocycles. The number of carbonyl (C=O) groups is 1. The van der Waals surface area contributed by atoms with Gasteiger partial charge in [0.15, 0.2) is 5.13 Å². The Morgan fingerprint density at radius 2 is 2.25 bits per heavy atom. The Labute approximate surface area is 121 Å². The Hall–Kier alpha value is -1.88. The quantitative estimate of drug-likeness (QED) is 0.908. The highest BCUT2D eigenvalue weighted by Gasteiger charge is 2.27. The second kappa shape index (κ2) is 4.31. The summed E-state index contributed by atoms with van der Waals surface area (Å²) < 4.78 is 0. The maximum absolute atomic E-state index is 11.7. The molecule has 1 aliphatic heterocycles. The third-order valence-electron chi connectivity index (χ3n) is 3.87. The molecule has 1 atom stereocenters. The van der Waals surface area contributed by atoms with E-state index in [2.05, 4.69) is 27.1 Å². The van der Waals surface area contributed by atoms with E-state index in [4.69, 9.17) is 0 Å². The van der Waals surface area contributed by atoms with E-state index in [1.54, 1.807) is 11.3 Å². The summed E-state index contributed by atoms with van der Waals surface area (Å²) in [7, 11) is 0. The summed E-state index contributed by atoms with van der Waals surface area (Å²) in [5.74, 6) is -0.000776. The number of rotatable bonds is 3. The average Bonchev–Trinajstić information content (AvgIpc) is 3.05. The normalized spacial score (nSPS) is 20.6. The molecule has 4 rings (SSSR count). The summed E-state index contributed by atoms with van der Waals surface area (Å²) in [4.78, 5) is 16.3. The van der Waals surface area contributed by atoms with E-state index in [1.807, 2.05) is 19.1 Å². The summed E-state index contributed by atoms with van der Waals surface area (Å²) in [5.41, 5.74) is 4.05. The molecule has 2 N–H and O–H groups in total. The molecule has 2 aliphatic rings. The van der Waals surface area contributed by atoms with Crippen LogP contribution in [-0.4, -0.2) is 16.9 Å². The van der Waals surface area contributed by atoms with Gasteiger partial charge in [0, 0.05) is 22.7 Å². The fourth-order valence-corrected chi connectivity index (χ4v) is 3.25. The van der Waals surface area contributed by atoms with Gasteiger partial charge in [0.1, 0.15) is 0 Å². The van der Waals surface area contributed by atoms with Gasteiger partial charge in [-0.2, -0.15) is 0 Å². The van der Waals surface area contributed by atoms with Crippen molar-refractivity contribution in [3.05, 3.63) is 29.1 Å². The first-order valence-electron chi connectivity index (χ1n) is 6.88. The molecule has 0 bridgehead atoms. The number of benzene rings is 1. The van der Waals surface area contributed by atoms with Crippen LogP contribution < -0.4 is 10.6 Å². The lowest BCUT2D eigenvalue weighted by Gasteiger charge is -2.04. The topological polar surface area (TPSA) is 54.0 Å². The molecular weight excluding hydrogens is 270 g/mol. The molecule has 2 aromatic rings. The van der Waals surface area contributed by atoms with Gasteiger partial charge in [-0.25, -0.2) is 4.98 Å². The molecule has 4 nitrogen and oxygen atoms in total. The van der Waals surface area contributed by atoms with E-state index in [9.17, 15) is 4.79 Å². The second-order valence-electron chi connectivity index (χ2n) is 5.47. The monoisotopic (exact) mass is 285 g/mol. The third kappa shape index (κ3) is 1.98. The lowest BCUT2D eigenvalue weighted by atomic mass is 10.00. The molecule has 2 heterocycles. The fraction of sp³-hybridized carbons (Fsp3) is 0.333. The number of amides is 1. The van der Waals surface area contributed by atoms with Gasteiger partial charge in [-0.05, 0) is 37.5 Å². The lowest BCUT2D eigenvalue weighted by Crippen LogP contribution is -2.08. The highest BCUT2D eigenvalue weighted by Crippen LogP contribution is 2.36. The SMILES string of the molecule is C[C@H]1C(=O)Nc2ccc(-c3csc(NC4CC4)n3)cc21. The smallest absolute Gasteiger partial charge is 0.231 e. The van der Waals surface area contributed by atoms with E-state index >= 15 is 0 Å². The number of carbonyl (C=O) groups excluding carboxylic acids is 1. The number of thiazole rings is 1. The molecule has 20 heavy (non-hydrogen) atoms. The average molecular weight is 285 g/mol. The molecule has 0 spiro atoms. The maximum Gasteiger partial charge on any atom is 0.231 e. The van der Waals surface area contributed by atoms with Crippen LogP contribution in [0.3, 0.4) is 0 Å². The van der Waals surface area contributed by atoms with Crippen LogP contribution in [0.1, 0.15) is 31.2 Å². The molecule has 0 saturated heterocycles. The molecular formula is C15H15N3OS. The van der Waals surface area contributed by atoms with Crippen LogP contribution in [0.2, 0.25) is 0 Å². The minimum absolute atomic E-state index is 0.0755. The van der Waals surface area contributed by atoms with Gasteiger partial charge in [0.05, 0.1) is 11.6 Å². The number of nitrogens with one attached hydrogen (secondary N) is 2. The molecule has 1 aromatic carbocycles. The summed E-state index contributed by atoms with van der Waals surface area (Å²) in [6, 6.07) is 6.69. The first-order chi connectivity index (χ1) is 9.70. The Balaban J connectivity index is 1.65. The van der Waals surface area contributed by atoms with Gasteiger partial charge in [0.25, 0.3) is 0 Å². The zero-order valence-electron chi connectivity index (χ0n) is 11.1. The van der Waals surface area contributed by atoms with Gasteiger partial charge in [-0.3, -0.25) is 4.79 Å². The Morgan fingerprint density at radius 3 is 3.05 bits per heavy atom. The molecule has 1 amide bonds. The maximum atomic E-state index is 11.7. The highest BCUT2D eigenvalue weighted by molar-refractivity contribution is 7.14. The first-order valence-corrected chi connectivity index (χ1v) is 7.76. The van der Waals surface area contributed by atoms with Crippen LogP contribution in [-0.2, 0) is 4.79 Å². The van der Waals surface area contributed by atoms with E-state index in [-0.39, 0.29) is 11.8 Å². The zero-order valence-corrected chi connectivity index (χ0v) is 12.0. The van der Waals surface area contributed by atoms with E-state index in [1.165, 1.54) is 12.8 Å². The van der Waals surface area contributed by atoms with E-state index in [0.29, 0.717) is 6.04 Å². The van der Waals surface area contributed by atoms with Crippen LogP contribution in [0.4, 0.5) is 10.8 Å². The fourth-order valence-electron chi connectivity index (χ4n) is 2.45. The summed E-state index contributed by atoms with van der Waals surface area (Å²) in [6.45, 7) is 1.94. The summed E-state index contributed by atoms with van der Waals surface area (Å²) >= 11 is 1.64. The van der Waals surface area contributed by atoms with E-state index in [0.717, 1.165) is 27.6 Å². The molecule has 5 heteroatoms. The van der Waals surface area contributed by atoms with Crippen molar-refractivity contribution in [1.29, 1.82) is 0 Å². The number of hydrogen-bond donors (Lipinski definition) is 2. The van der Waals surface area contributed by atoms with Gasteiger partial charge in [-0.15, -0.1) is 11.3 Å². The number of aromatic nitrogens is 1. The predicted molar refractivity (Wildman–Crippen MR) is 81.2 cm³/mol. The Bertz CT molecular complexity index is 690. The zero-order chi connectivity index (χ0) is 13.7. The van der Waals surface area contributed by atoms with Gasteiger partial charge in [-0.1, -0.05) is 6.07 Å².